The van der Waals surface area contributed by atoms with Crippen molar-refractivity contribution in [2.24, 2.45) is 0 Å². The average molecular weight is 226 g/mol. The highest BCUT2D eigenvalue weighted by Gasteiger charge is 2.26. The zero-order valence-corrected chi connectivity index (χ0v) is 9.62. The quantitative estimate of drug-likeness (QED) is 0.790. The maximum atomic E-state index is 11.7. The summed E-state index contributed by atoms with van der Waals surface area (Å²) in [5.74, 6) is -1.97. The number of oxazole rings is 1. The zero-order valence-electron chi connectivity index (χ0n) is 9.62. The van der Waals surface area contributed by atoms with E-state index in [0.29, 0.717) is 0 Å². The fourth-order valence-electron chi connectivity index (χ4n) is 1.12. The summed E-state index contributed by atoms with van der Waals surface area (Å²) in [5, 5.41) is 11.4. The molecule has 6 nitrogen and oxygen atoms in total. The summed E-state index contributed by atoms with van der Waals surface area (Å²) in [5.41, 5.74) is -0.827. The van der Waals surface area contributed by atoms with Crippen molar-refractivity contribution in [1.82, 2.24) is 10.3 Å². The molecule has 1 aromatic heterocycles. The van der Waals surface area contributed by atoms with Gasteiger partial charge in [0.25, 0.3) is 5.91 Å². The summed E-state index contributed by atoms with van der Waals surface area (Å²) in [6.07, 6.45) is 0. The van der Waals surface area contributed by atoms with Crippen molar-refractivity contribution < 1.29 is 19.1 Å². The Morgan fingerprint density at radius 2 is 1.94 bits per heavy atom. The minimum atomic E-state index is -1.28. The predicted octanol–water partition coefficient (Wildman–Crippen LogP) is 1.21. The van der Waals surface area contributed by atoms with Crippen LogP contribution in [0.4, 0.5) is 0 Å². The van der Waals surface area contributed by atoms with Crippen molar-refractivity contribution in [3.05, 3.63) is 17.3 Å². The van der Waals surface area contributed by atoms with Crippen LogP contribution in [-0.2, 0) is 0 Å². The highest BCUT2D eigenvalue weighted by molar-refractivity contribution is 6.01. The monoisotopic (exact) mass is 226 g/mol. The Morgan fingerprint density at radius 1 is 1.38 bits per heavy atom. The molecule has 0 aliphatic heterocycles. The summed E-state index contributed by atoms with van der Waals surface area (Å²) >= 11 is 0. The van der Waals surface area contributed by atoms with Gasteiger partial charge in [0.15, 0.2) is 11.6 Å². The number of amides is 1. The van der Waals surface area contributed by atoms with Crippen LogP contribution in [0.1, 0.15) is 47.7 Å². The number of nitrogens with zero attached hydrogens (tertiary/aromatic N) is 1. The Morgan fingerprint density at radius 3 is 2.38 bits per heavy atom. The smallest absolute Gasteiger partial charge is 0.358 e. The first-order valence-electron chi connectivity index (χ1n) is 4.74. The second kappa shape index (κ2) is 3.96. The van der Waals surface area contributed by atoms with E-state index in [4.69, 9.17) is 9.52 Å². The Balaban J connectivity index is 3.04. The second-order valence-electron chi connectivity index (χ2n) is 4.42. The van der Waals surface area contributed by atoms with Gasteiger partial charge in [-0.3, -0.25) is 4.79 Å². The van der Waals surface area contributed by atoms with Gasteiger partial charge in [-0.25, -0.2) is 9.78 Å². The highest BCUT2D eigenvalue weighted by atomic mass is 16.4. The molecular weight excluding hydrogens is 212 g/mol. The number of aryl methyl sites for hydroxylation is 1. The van der Waals surface area contributed by atoms with Gasteiger partial charge >= 0.3 is 5.97 Å². The molecule has 6 heteroatoms. The molecule has 0 unspecified atom stereocenters. The minimum Gasteiger partial charge on any atom is -0.476 e. The standard InChI is InChI=1S/C10H14N2O4/c1-5-11-6(9(14)15)7(16-5)8(13)12-10(2,3)4/h1-4H3,(H,12,13)(H,14,15). The van der Waals surface area contributed by atoms with Gasteiger partial charge in [0.2, 0.25) is 5.76 Å². The van der Waals surface area contributed by atoms with Crippen molar-refractivity contribution in [1.29, 1.82) is 0 Å². The summed E-state index contributed by atoms with van der Waals surface area (Å²) < 4.78 is 4.98. The van der Waals surface area contributed by atoms with E-state index < -0.39 is 17.4 Å². The summed E-state index contributed by atoms with van der Waals surface area (Å²) in [6, 6.07) is 0. The molecule has 0 saturated carbocycles. The number of hydrogen-bond donors (Lipinski definition) is 2. The van der Waals surface area contributed by atoms with Crippen molar-refractivity contribution >= 4 is 11.9 Å². The van der Waals surface area contributed by atoms with E-state index >= 15 is 0 Å². The fourth-order valence-corrected chi connectivity index (χ4v) is 1.12. The second-order valence-corrected chi connectivity index (χ2v) is 4.42. The van der Waals surface area contributed by atoms with Crippen LogP contribution in [0.2, 0.25) is 0 Å². The van der Waals surface area contributed by atoms with E-state index in [1.807, 2.05) is 0 Å². The number of carbonyl (C=O) groups is 2. The third-order valence-electron chi connectivity index (χ3n) is 1.63. The van der Waals surface area contributed by atoms with Gasteiger partial charge in [-0.05, 0) is 20.8 Å². The van der Waals surface area contributed by atoms with E-state index in [1.54, 1.807) is 20.8 Å². The van der Waals surface area contributed by atoms with Crippen LogP contribution in [0, 0.1) is 6.92 Å². The maximum absolute atomic E-state index is 11.7. The normalized spacial score (nSPS) is 11.2. The largest absolute Gasteiger partial charge is 0.476 e. The number of rotatable bonds is 2. The molecule has 1 amide bonds. The number of carbonyl (C=O) groups excluding carboxylic acids is 1. The molecule has 1 rings (SSSR count). The molecule has 1 heterocycles. The number of nitrogens with one attached hydrogen (secondary N) is 1. The first kappa shape index (κ1) is 12.2. The van der Waals surface area contributed by atoms with Crippen LogP contribution in [-0.4, -0.2) is 27.5 Å². The van der Waals surface area contributed by atoms with Crippen LogP contribution in [0.5, 0.6) is 0 Å². The fraction of sp³-hybridized carbons (Fsp3) is 0.500. The predicted molar refractivity (Wildman–Crippen MR) is 55.4 cm³/mol. The molecule has 0 atom stereocenters. The lowest BCUT2D eigenvalue weighted by Gasteiger charge is -2.19. The van der Waals surface area contributed by atoms with Crippen LogP contribution in [0.25, 0.3) is 0 Å². The molecule has 0 aliphatic rings. The Kier molecular flexibility index (Phi) is 3.02. The lowest BCUT2D eigenvalue weighted by Crippen LogP contribution is -2.40. The molecule has 0 aromatic carbocycles. The van der Waals surface area contributed by atoms with Crippen LogP contribution in [0.15, 0.2) is 4.42 Å². The summed E-state index contributed by atoms with van der Waals surface area (Å²) in [6.45, 7) is 6.85. The van der Waals surface area contributed by atoms with Gasteiger partial charge in [0.05, 0.1) is 0 Å². The lowest BCUT2D eigenvalue weighted by molar-refractivity contribution is 0.0680. The van der Waals surface area contributed by atoms with Crippen molar-refractivity contribution in [3.8, 4) is 0 Å². The number of aromatic nitrogens is 1. The molecule has 2 N–H and O–H groups in total. The zero-order chi connectivity index (χ0) is 12.5. The van der Waals surface area contributed by atoms with E-state index in [1.165, 1.54) is 6.92 Å². The summed E-state index contributed by atoms with van der Waals surface area (Å²) in [4.78, 5) is 26.1. The van der Waals surface area contributed by atoms with Gasteiger partial charge in [-0.2, -0.15) is 0 Å². The van der Waals surface area contributed by atoms with Gasteiger partial charge in [0, 0.05) is 12.5 Å². The lowest BCUT2D eigenvalue weighted by atomic mass is 10.1. The molecule has 0 aliphatic carbocycles. The number of aromatic carboxylic acids is 1. The first-order valence-corrected chi connectivity index (χ1v) is 4.74. The molecule has 16 heavy (non-hydrogen) atoms. The number of carboxylic acids is 1. The molecule has 0 saturated heterocycles. The molecule has 0 fully saturated rings. The van der Waals surface area contributed by atoms with Gasteiger partial charge in [-0.15, -0.1) is 0 Å². The Labute approximate surface area is 92.7 Å². The van der Waals surface area contributed by atoms with Crippen LogP contribution in [0.3, 0.4) is 0 Å². The van der Waals surface area contributed by atoms with E-state index in [-0.39, 0.29) is 17.3 Å². The Bertz CT molecular complexity index is 429. The molecule has 88 valence electrons. The van der Waals surface area contributed by atoms with Gasteiger partial charge < -0.3 is 14.8 Å². The van der Waals surface area contributed by atoms with E-state index in [0.717, 1.165) is 0 Å². The van der Waals surface area contributed by atoms with Crippen molar-refractivity contribution in [2.75, 3.05) is 0 Å². The maximum Gasteiger partial charge on any atom is 0.358 e. The first-order chi connectivity index (χ1) is 7.20. The third kappa shape index (κ3) is 2.82. The van der Waals surface area contributed by atoms with Crippen molar-refractivity contribution in [3.63, 3.8) is 0 Å². The van der Waals surface area contributed by atoms with Crippen LogP contribution < -0.4 is 5.32 Å². The van der Waals surface area contributed by atoms with Crippen molar-refractivity contribution in [2.45, 2.75) is 33.2 Å². The molecule has 1 aromatic rings. The van der Waals surface area contributed by atoms with Gasteiger partial charge in [-0.1, -0.05) is 0 Å². The highest BCUT2D eigenvalue weighted by Crippen LogP contribution is 2.12. The summed E-state index contributed by atoms with van der Waals surface area (Å²) in [7, 11) is 0. The SMILES string of the molecule is Cc1nc(C(=O)O)c(C(=O)NC(C)(C)C)o1. The van der Waals surface area contributed by atoms with Gasteiger partial charge in [0.1, 0.15) is 0 Å². The Hall–Kier alpha value is -1.85. The van der Waals surface area contributed by atoms with Crippen LogP contribution >= 0.6 is 0 Å². The van der Waals surface area contributed by atoms with E-state index in [9.17, 15) is 9.59 Å². The molecule has 0 radical (unpaired) electrons. The molecule has 0 bridgehead atoms. The molecular formula is C10H14N2O4. The third-order valence-corrected chi connectivity index (χ3v) is 1.63. The number of carboxylic acid groups (broad SMARTS) is 1. The minimum absolute atomic E-state index is 0.149. The molecule has 0 spiro atoms. The number of hydrogen-bond acceptors (Lipinski definition) is 4. The average Bonchev–Trinajstić information content (AvgIpc) is 2.44. The van der Waals surface area contributed by atoms with E-state index in [2.05, 4.69) is 10.3 Å². The topological polar surface area (TPSA) is 92.4 Å².